The van der Waals surface area contributed by atoms with Gasteiger partial charge in [-0.25, -0.2) is 4.79 Å². The number of hydrogen-bond acceptors (Lipinski definition) is 6. The zero-order chi connectivity index (χ0) is 25.9. The van der Waals surface area contributed by atoms with E-state index in [4.69, 9.17) is 21.1 Å². The zero-order valence-corrected chi connectivity index (χ0v) is 21.4. The molecule has 0 fully saturated rings. The summed E-state index contributed by atoms with van der Waals surface area (Å²) in [5.74, 6) is 1.30. The molecule has 3 aromatic carbocycles. The molecule has 0 saturated carbocycles. The number of para-hydroxylation sites is 1. The Hall–Kier alpha value is -4.14. The number of aromatic amines is 1. The Morgan fingerprint density at radius 3 is 2.66 bits per heavy atom. The Balaban J connectivity index is 1.25. The van der Waals surface area contributed by atoms with Crippen LogP contribution in [0.1, 0.15) is 29.3 Å². The Labute approximate surface area is 225 Å². The molecule has 1 atom stereocenters. The van der Waals surface area contributed by atoms with Crippen LogP contribution in [0.15, 0.2) is 85.2 Å². The first kappa shape index (κ1) is 24.2. The smallest absolute Gasteiger partial charge is 0.416 e. The van der Waals surface area contributed by atoms with E-state index in [0.29, 0.717) is 30.3 Å². The number of rotatable bonds is 7. The summed E-state index contributed by atoms with van der Waals surface area (Å²) in [6.07, 6.45) is 4.97. The third-order valence-electron chi connectivity index (χ3n) is 6.83. The van der Waals surface area contributed by atoms with Crippen LogP contribution in [0.2, 0.25) is 5.02 Å². The standard InChI is InChI=1S/C29H28ClN5O3/c30-21-9-12-26-25(19-21)24-13-16-35(29(36)38-23-5-2-1-3-6-23)28(27(24)32-26)20-7-10-22(11-8-20)37-18-4-15-34-17-14-31-33-34/h1-3,5-12,14,17,19,28,31-33H,4,13,15-16,18H2. The third kappa shape index (κ3) is 5.01. The number of amides is 1. The number of halogens is 1. The summed E-state index contributed by atoms with van der Waals surface area (Å²) in [5, 5.41) is 3.74. The lowest BCUT2D eigenvalue weighted by Crippen LogP contribution is -2.42. The number of fused-ring (bicyclic) bond motifs is 3. The zero-order valence-electron chi connectivity index (χ0n) is 20.7. The Morgan fingerprint density at radius 1 is 1.03 bits per heavy atom. The topological polar surface area (TPSA) is 81.9 Å². The van der Waals surface area contributed by atoms with Crippen LogP contribution in [0.25, 0.3) is 10.9 Å². The minimum absolute atomic E-state index is 0.337. The van der Waals surface area contributed by atoms with Crippen LogP contribution in [-0.2, 0) is 6.42 Å². The predicted molar refractivity (Wildman–Crippen MR) is 147 cm³/mol. The van der Waals surface area contributed by atoms with Crippen LogP contribution in [0, 0.1) is 0 Å². The minimum Gasteiger partial charge on any atom is -0.494 e. The number of carbonyl (C=O) groups is 1. The van der Waals surface area contributed by atoms with Crippen molar-refractivity contribution in [1.82, 2.24) is 25.9 Å². The third-order valence-corrected chi connectivity index (χ3v) is 7.06. The Kier molecular flexibility index (Phi) is 6.81. The van der Waals surface area contributed by atoms with E-state index in [9.17, 15) is 4.79 Å². The number of aromatic nitrogens is 1. The van der Waals surface area contributed by atoms with Gasteiger partial charge in [0.15, 0.2) is 0 Å². The van der Waals surface area contributed by atoms with Crippen LogP contribution in [-0.4, -0.2) is 40.7 Å². The van der Waals surface area contributed by atoms with Gasteiger partial charge in [-0.3, -0.25) is 9.91 Å². The maximum atomic E-state index is 13.4. The lowest BCUT2D eigenvalue weighted by Gasteiger charge is -2.35. The van der Waals surface area contributed by atoms with Crippen molar-refractivity contribution in [2.75, 3.05) is 19.7 Å². The number of benzene rings is 3. The molecule has 0 spiro atoms. The highest BCUT2D eigenvalue weighted by atomic mass is 35.5. The number of nitrogens with zero attached hydrogens (tertiary/aromatic N) is 2. The van der Waals surface area contributed by atoms with Gasteiger partial charge in [0, 0.05) is 53.5 Å². The molecule has 8 nitrogen and oxygen atoms in total. The van der Waals surface area contributed by atoms with Gasteiger partial charge in [0.1, 0.15) is 17.5 Å². The monoisotopic (exact) mass is 529 g/mol. The van der Waals surface area contributed by atoms with E-state index < -0.39 is 0 Å². The van der Waals surface area contributed by atoms with Crippen molar-refractivity contribution >= 4 is 28.6 Å². The summed E-state index contributed by atoms with van der Waals surface area (Å²) in [6, 6.07) is 22.6. The summed E-state index contributed by atoms with van der Waals surface area (Å²) < 4.78 is 11.7. The molecule has 3 N–H and O–H groups in total. The van der Waals surface area contributed by atoms with Crippen LogP contribution in [0.3, 0.4) is 0 Å². The fraction of sp³-hybridized carbons (Fsp3) is 0.207. The van der Waals surface area contributed by atoms with Crippen molar-refractivity contribution in [1.29, 1.82) is 0 Å². The van der Waals surface area contributed by atoms with Gasteiger partial charge in [0.05, 0.1) is 6.61 Å². The van der Waals surface area contributed by atoms with Crippen LogP contribution in [0.5, 0.6) is 11.5 Å². The average molecular weight is 530 g/mol. The van der Waals surface area contributed by atoms with Crippen LogP contribution in [0.4, 0.5) is 4.79 Å². The maximum Gasteiger partial charge on any atom is 0.416 e. The van der Waals surface area contributed by atoms with Gasteiger partial charge < -0.3 is 19.9 Å². The maximum absolute atomic E-state index is 13.4. The molecular weight excluding hydrogens is 502 g/mol. The SMILES string of the molecule is O=C(Oc1ccccc1)N1CCc2c([nH]c3ccc(Cl)cc23)C1c1ccc(OCCCN2C=CNN2)cc1. The highest BCUT2D eigenvalue weighted by molar-refractivity contribution is 6.31. The van der Waals surface area contributed by atoms with Crippen molar-refractivity contribution in [3.8, 4) is 11.5 Å². The second kappa shape index (κ2) is 10.7. The van der Waals surface area contributed by atoms with E-state index in [0.717, 1.165) is 40.9 Å². The van der Waals surface area contributed by atoms with Crippen LogP contribution >= 0.6 is 11.6 Å². The molecule has 0 bridgehead atoms. The number of ether oxygens (including phenoxy) is 2. The van der Waals surface area contributed by atoms with E-state index in [2.05, 4.69) is 15.9 Å². The molecule has 6 rings (SSSR count). The van der Waals surface area contributed by atoms with Crippen molar-refractivity contribution in [2.24, 2.45) is 0 Å². The van der Waals surface area contributed by atoms with Gasteiger partial charge in [0.2, 0.25) is 0 Å². The first-order chi connectivity index (χ1) is 18.7. The first-order valence-corrected chi connectivity index (χ1v) is 13.0. The molecule has 1 unspecified atom stereocenters. The molecule has 194 valence electrons. The van der Waals surface area contributed by atoms with E-state index >= 15 is 0 Å². The molecule has 9 heteroatoms. The van der Waals surface area contributed by atoms with E-state index in [1.807, 2.05) is 78.1 Å². The van der Waals surface area contributed by atoms with Crippen molar-refractivity contribution in [3.05, 3.63) is 107 Å². The minimum atomic E-state index is -0.386. The summed E-state index contributed by atoms with van der Waals surface area (Å²) in [4.78, 5) is 18.8. The Bertz CT molecular complexity index is 1450. The molecule has 0 aliphatic carbocycles. The molecule has 1 amide bonds. The molecule has 1 aromatic heterocycles. The molecule has 4 aromatic rings. The van der Waals surface area contributed by atoms with Crippen molar-refractivity contribution in [3.63, 3.8) is 0 Å². The molecule has 0 saturated heterocycles. The van der Waals surface area contributed by atoms with Gasteiger partial charge in [-0.1, -0.05) is 41.9 Å². The summed E-state index contributed by atoms with van der Waals surface area (Å²) >= 11 is 6.32. The molecule has 2 aliphatic heterocycles. The van der Waals surface area contributed by atoms with Gasteiger partial charge in [-0.15, -0.1) is 5.53 Å². The second-order valence-corrected chi connectivity index (χ2v) is 9.71. The normalized spacial score (nSPS) is 16.4. The molecule has 38 heavy (non-hydrogen) atoms. The fourth-order valence-electron chi connectivity index (χ4n) is 5.04. The first-order valence-electron chi connectivity index (χ1n) is 12.7. The lowest BCUT2D eigenvalue weighted by molar-refractivity contribution is 0.135. The van der Waals surface area contributed by atoms with Crippen molar-refractivity contribution < 1.29 is 14.3 Å². The quantitative estimate of drug-likeness (QED) is 0.273. The number of carbonyl (C=O) groups excluding carboxylic acids is 1. The van der Waals surface area contributed by atoms with Gasteiger partial charge >= 0.3 is 6.09 Å². The Morgan fingerprint density at radius 2 is 1.87 bits per heavy atom. The number of hydrogen-bond donors (Lipinski definition) is 3. The average Bonchev–Trinajstić information content (AvgIpc) is 3.59. The summed E-state index contributed by atoms with van der Waals surface area (Å²) in [6.45, 7) is 1.95. The van der Waals surface area contributed by atoms with E-state index in [-0.39, 0.29) is 12.1 Å². The molecule has 2 aliphatic rings. The van der Waals surface area contributed by atoms with Crippen LogP contribution < -0.4 is 20.4 Å². The molecule has 3 heterocycles. The summed E-state index contributed by atoms with van der Waals surface area (Å²) in [5.41, 5.74) is 10.1. The highest BCUT2D eigenvalue weighted by Gasteiger charge is 2.35. The van der Waals surface area contributed by atoms with Gasteiger partial charge in [-0.2, -0.15) is 0 Å². The highest BCUT2D eigenvalue weighted by Crippen LogP contribution is 2.40. The predicted octanol–water partition coefficient (Wildman–Crippen LogP) is 5.53. The fourth-order valence-corrected chi connectivity index (χ4v) is 5.21. The largest absolute Gasteiger partial charge is 0.494 e. The lowest BCUT2D eigenvalue weighted by atomic mass is 9.92. The summed E-state index contributed by atoms with van der Waals surface area (Å²) in [7, 11) is 0. The number of hydrazine groups is 2. The molecular formula is C29H28ClN5O3. The molecule has 0 radical (unpaired) electrons. The van der Waals surface area contributed by atoms with Gasteiger partial charge in [-0.05, 0) is 60.0 Å². The van der Waals surface area contributed by atoms with Crippen molar-refractivity contribution in [2.45, 2.75) is 18.9 Å². The number of H-pyrrole nitrogens is 1. The van der Waals surface area contributed by atoms with E-state index in [1.165, 1.54) is 5.56 Å². The number of nitrogens with one attached hydrogen (secondary N) is 3. The van der Waals surface area contributed by atoms with E-state index in [1.54, 1.807) is 17.0 Å². The van der Waals surface area contributed by atoms with Gasteiger partial charge in [0.25, 0.3) is 0 Å². The second-order valence-electron chi connectivity index (χ2n) is 9.27.